The normalized spacial score (nSPS) is 10.5. The number of carbonyl (C=O) groups excluding carboxylic acids is 1. The van der Waals surface area contributed by atoms with E-state index in [1.807, 2.05) is 12.1 Å². The Morgan fingerprint density at radius 3 is 2.63 bits per heavy atom. The van der Waals surface area contributed by atoms with Crippen molar-refractivity contribution >= 4 is 28.5 Å². The maximum absolute atomic E-state index is 11.4. The molecule has 0 bridgehead atoms. The van der Waals surface area contributed by atoms with E-state index < -0.39 is 0 Å². The minimum atomic E-state index is -0.0102. The molecule has 0 atom stereocenters. The zero-order valence-electron chi connectivity index (χ0n) is 11.4. The molecule has 100 valence electrons. The molecule has 0 saturated carbocycles. The lowest BCUT2D eigenvalue weighted by Gasteiger charge is -2.08. The Labute approximate surface area is 117 Å². The van der Waals surface area contributed by atoms with Crippen molar-refractivity contribution in [3.05, 3.63) is 45.1 Å². The summed E-state index contributed by atoms with van der Waals surface area (Å²) < 4.78 is 0. The highest BCUT2D eigenvalue weighted by atomic mass is 32.1. The highest BCUT2D eigenvalue weighted by Crippen LogP contribution is 2.23. The Kier molecular flexibility index (Phi) is 3.90. The van der Waals surface area contributed by atoms with Gasteiger partial charge in [0.2, 0.25) is 0 Å². The van der Waals surface area contributed by atoms with Crippen LogP contribution in [0.5, 0.6) is 0 Å². The van der Waals surface area contributed by atoms with Gasteiger partial charge in [-0.15, -0.1) is 11.3 Å². The summed E-state index contributed by atoms with van der Waals surface area (Å²) in [5, 5.41) is 3.33. The van der Waals surface area contributed by atoms with Crippen molar-refractivity contribution < 1.29 is 4.79 Å². The third-order valence-electron chi connectivity index (χ3n) is 3.12. The summed E-state index contributed by atoms with van der Waals surface area (Å²) >= 11 is 1.79. The number of thiophene rings is 1. The number of nitrogen functional groups attached to an aromatic ring is 1. The van der Waals surface area contributed by atoms with Crippen molar-refractivity contribution in [2.45, 2.75) is 27.3 Å². The number of hydrogen-bond acceptors (Lipinski definition) is 4. The Hall–Kier alpha value is -1.81. The Morgan fingerprint density at radius 1 is 1.32 bits per heavy atom. The summed E-state index contributed by atoms with van der Waals surface area (Å²) in [6.45, 7) is 6.54. The molecule has 1 aromatic carbocycles. The number of rotatable bonds is 4. The molecule has 0 aliphatic rings. The van der Waals surface area contributed by atoms with Crippen LogP contribution in [0.2, 0.25) is 0 Å². The van der Waals surface area contributed by atoms with Crippen LogP contribution in [0, 0.1) is 13.8 Å². The van der Waals surface area contributed by atoms with Gasteiger partial charge in [-0.1, -0.05) is 0 Å². The Bertz CT molecular complexity index is 597. The van der Waals surface area contributed by atoms with Crippen LogP contribution in [-0.4, -0.2) is 5.78 Å². The second-order valence-corrected chi connectivity index (χ2v) is 6.00. The second-order valence-electron chi connectivity index (χ2n) is 4.66. The molecule has 0 amide bonds. The lowest BCUT2D eigenvalue weighted by atomic mass is 10.1. The molecule has 0 unspecified atom stereocenters. The number of ketones is 1. The SMILES string of the molecule is CC(=O)c1cc(NCc2cc(C)c(C)s2)ccc1N. The Morgan fingerprint density at radius 2 is 2.05 bits per heavy atom. The number of benzene rings is 1. The van der Waals surface area contributed by atoms with Gasteiger partial charge in [-0.2, -0.15) is 0 Å². The molecular formula is C15H18N2OS. The van der Waals surface area contributed by atoms with E-state index in [-0.39, 0.29) is 5.78 Å². The monoisotopic (exact) mass is 274 g/mol. The molecule has 0 spiro atoms. The van der Waals surface area contributed by atoms with Crippen molar-refractivity contribution in [1.82, 2.24) is 0 Å². The van der Waals surface area contributed by atoms with Crippen molar-refractivity contribution in [2.24, 2.45) is 0 Å². The van der Waals surface area contributed by atoms with Gasteiger partial charge in [-0.25, -0.2) is 0 Å². The van der Waals surface area contributed by atoms with Gasteiger partial charge in [0.05, 0.1) is 0 Å². The first-order chi connectivity index (χ1) is 8.97. The molecule has 1 heterocycles. The molecule has 19 heavy (non-hydrogen) atoms. The van der Waals surface area contributed by atoms with Gasteiger partial charge in [-0.3, -0.25) is 4.79 Å². The van der Waals surface area contributed by atoms with Gasteiger partial charge in [0, 0.05) is 33.2 Å². The van der Waals surface area contributed by atoms with E-state index in [0.29, 0.717) is 11.3 Å². The summed E-state index contributed by atoms with van der Waals surface area (Å²) in [7, 11) is 0. The number of Topliss-reactive ketones (excluding diaryl/α,β-unsaturated/α-hetero) is 1. The largest absolute Gasteiger partial charge is 0.398 e. The number of anilines is 2. The number of carbonyl (C=O) groups is 1. The van der Waals surface area contributed by atoms with Gasteiger partial charge in [0.25, 0.3) is 0 Å². The maximum atomic E-state index is 11.4. The minimum Gasteiger partial charge on any atom is -0.398 e. The smallest absolute Gasteiger partial charge is 0.161 e. The maximum Gasteiger partial charge on any atom is 0.161 e. The third-order valence-corrected chi connectivity index (χ3v) is 4.27. The second kappa shape index (κ2) is 5.45. The molecule has 1 aromatic heterocycles. The van der Waals surface area contributed by atoms with Crippen molar-refractivity contribution in [2.75, 3.05) is 11.1 Å². The van der Waals surface area contributed by atoms with Crippen LogP contribution >= 0.6 is 11.3 Å². The fraction of sp³-hybridized carbons (Fsp3) is 0.267. The standard InChI is InChI=1S/C15H18N2OS/c1-9-6-13(19-11(9)3)8-17-12-4-5-15(16)14(7-12)10(2)18/h4-7,17H,8,16H2,1-3H3. The van der Waals surface area contributed by atoms with Crippen molar-refractivity contribution in [3.63, 3.8) is 0 Å². The zero-order valence-corrected chi connectivity index (χ0v) is 12.2. The van der Waals surface area contributed by atoms with E-state index in [4.69, 9.17) is 5.73 Å². The van der Waals surface area contributed by atoms with Crippen LogP contribution in [0.1, 0.15) is 32.6 Å². The molecule has 0 radical (unpaired) electrons. The summed E-state index contributed by atoms with van der Waals surface area (Å²) in [6, 6.07) is 7.67. The lowest BCUT2D eigenvalue weighted by molar-refractivity contribution is 0.101. The average molecular weight is 274 g/mol. The van der Waals surface area contributed by atoms with E-state index in [0.717, 1.165) is 12.2 Å². The zero-order chi connectivity index (χ0) is 14.0. The molecule has 0 aliphatic heterocycles. The molecule has 4 heteroatoms. The van der Waals surface area contributed by atoms with Crippen LogP contribution in [0.25, 0.3) is 0 Å². The lowest BCUT2D eigenvalue weighted by Crippen LogP contribution is -2.03. The predicted molar refractivity (Wildman–Crippen MR) is 82.0 cm³/mol. The summed E-state index contributed by atoms with van der Waals surface area (Å²) in [5.74, 6) is -0.0102. The van der Waals surface area contributed by atoms with E-state index in [1.165, 1.54) is 22.2 Å². The van der Waals surface area contributed by atoms with Crippen LogP contribution < -0.4 is 11.1 Å². The van der Waals surface area contributed by atoms with Crippen LogP contribution in [-0.2, 0) is 6.54 Å². The highest BCUT2D eigenvalue weighted by Gasteiger charge is 2.06. The van der Waals surface area contributed by atoms with Gasteiger partial charge in [0.15, 0.2) is 5.78 Å². The number of aryl methyl sites for hydroxylation is 2. The minimum absolute atomic E-state index is 0.0102. The van der Waals surface area contributed by atoms with Crippen LogP contribution in [0.3, 0.4) is 0 Å². The fourth-order valence-electron chi connectivity index (χ4n) is 1.90. The average Bonchev–Trinajstić information content (AvgIpc) is 2.67. The first-order valence-corrected chi connectivity index (χ1v) is 6.99. The number of nitrogens with two attached hydrogens (primary N) is 1. The first-order valence-electron chi connectivity index (χ1n) is 6.17. The van der Waals surface area contributed by atoms with Crippen molar-refractivity contribution in [3.8, 4) is 0 Å². The van der Waals surface area contributed by atoms with E-state index >= 15 is 0 Å². The summed E-state index contributed by atoms with van der Waals surface area (Å²) in [4.78, 5) is 14.1. The number of hydrogen-bond donors (Lipinski definition) is 2. The molecule has 0 saturated heterocycles. The van der Waals surface area contributed by atoms with E-state index in [2.05, 4.69) is 25.2 Å². The van der Waals surface area contributed by atoms with Gasteiger partial charge in [0.1, 0.15) is 0 Å². The quantitative estimate of drug-likeness (QED) is 0.659. The van der Waals surface area contributed by atoms with Crippen LogP contribution in [0.15, 0.2) is 24.3 Å². The molecule has 0 aliphatic carbocycles. The van der Waals surface area contributed by atoms with E-state index in [1.54, 1.807) is 17.4 Å². The summed E-state index contributed by atoms with van der Waals surface area (Å²) in [6.07, 6.45) is 0. The third kappa shape index (κ3) is 3.15. The van der Waals surface area contributed by atoms with Crippen LogP contribution in [0.4, 0.5) is 11.4 Å². The molecule has 2 rings (SSSR count). The molecular weight excluding hydrogens is 256 g/mol. The fourth-order valence-corrected chi connectivity index (χ4v) is 2.89. The molecule has 2 aromatic rings. The Balaban J connectivity index is 2.11. The highest BCUT2D eigenvalue weighted by molar-refractivity contribution is 7.12. The van der Waals surface area contributed by atoms with Gasteiger partial charge < -0.3 is 11.1 Å². The van der Waals surface area contributed by atoms with Crippen molar-refractivity contribution in [1.29, 1.82) is 0 Å². The topological polar surface area (TPSA) is 55.1 Å². The first kappa shape index (κ1) is 13.6. The molecule has 3 nitrogen and oxygen atoms in total. The number of nitrogens with one attached hydrogen (secondary N) is 1. The van der Waals surface area contributed by atoms with E-state index in [9.17, 15) is 4.79 Å². The predicted octanol–water partition coefficient (Wildman–Crippen LogP) is 3.76. The van der Waals surface area contributed by atoms with Gasteiger partial charge >= 0.3 is 0 Å². The molecule has 0 fully saturated rings. The summed E-state index contributed by atoms with van der Waals surface area (Å²) in [5.41, 5.74) is 9.12. The van der Waals surface area contributed by atoms with Gasteiger partial charge in [-0.05, 0) is 50.6 Å². The molecule has 3 N–H and O–H groups in total.